The molecular formula is C20H29N5. The molecule has 134 valence electrons. The third kappa shape index (κ3) is 3.93. The Morgan fingerprint density at radius 1 is 1.08 bits per heavy atom. The number of hydrogen-bond donors (Lipinski definition) is 0. The highest BCUT2D eigenvalue weighted by Crippen LogP contribution is 2.32. The Morgan fingerprint density at radius 3 is 2.76 bits per heavy atom. The Balaban J connectivity index is 1.40. The molecule has 25 heavy (non-hydrogen) atoms. The summed E-state index contributed by atoms with van der Waals surface area (Å²) in [7, 11) is 0. The van der Waals surface area contributed by atoms with Gasteiger partial charge in [-0.2, -0.15) is 5.10 Å². The van der Waals surface area contributed by atoms with Gasteiger partial charge in [0.25, 0.3) is 0 Å². The number of rotatable bonds is 6. The number of aromatic nitrogens is 3. The number of likely N-dealkylation sites (tertiary alicyclic amines) is 2. The molecule has 2 aliphatic heterocycles. The highest BCUT2D eigenvalue weighted by Gasteiger charge is 2.27. The minimum Gasteiger partial charge on any atom is -0.301 e. The van der Waals surface area contributed by atoms with E-state index in [-0.39, 0.29) is 0 Å². The average Bonchev–Trinajstić information content (AvgIpc) is 3.37. The van der Waals surface area contributed by atoms with Gasteiger partial charge in [0, 0.05) is 31.0 Å². The molecule has 0 saturated carbocycles. The molecule has 1 atom stereocenters. The lowest BCUT2D eigenvalue weighted by atomic mass is 10.1. The minimum atomic E-state index is 0.452. The number of nitrogens with zero attached hydrogens (tertiary/aromatic N) is 5. The van der Waals surface area contributed by atoms with Gasteiger partial charge in [-0.05, 0) is 64.4 Å². The van der Waals surface area contributed by atoms with Crippen LogP contribution in [0.3, 0.4) is 0 Å². The van der Waals surface area contributed by atoms with Gasteiger partial charge in [0.2, 0.25) is 0 Å². The molecule has 2 aromatic rings. The van der Waals surface area contributed by atoms with Gasteiger partial charge in [0.05, 0.1) is 24.0 Å². The molecule has 0 aromatic carbocycles. The number of pyridine rings is 1. The van der Waals surface area contributed by atoms with E-state index in [9.17, 15) is 0 Å². The van der Waals surface area contributed by atoms with Crippen LogP contribution in [0, 0.1) is 6.92 Å². The largest absolute Gasteiger partial charge is 0.301 e. The standard InChI is InChI=1S/C20H29N5/c1-17-18(16-25(22-17)14-13-23-10-4-5-11-23)15-24-12-6-8-20(24)19-7-2-3-9-21-19/h2-3,7,9,16,20H,4-6,8,10-15H2,1H3/t20-/m1/s1. The van der Waals surface area contributed by atoms with Crippen molar-refractivity contribution in [3.8, 4) is 0 Å². The normalized spacial score (nSPS) is 22.0. The van der Waals surface area contributed by atoms with Crippen LogP contribution in [-0.2, 0) is 13.1 Å². The molecule has 4 heterocycles. The molecule has 0 amide bonds. The zero-order valence-corrected chi connectivity index (χ0v) is 15.3. The van der Waals surface area contributed by atoms with E-state index in [2.05, 4.69) is 44.7 Å². The molecule has 5 heteroatoms. The fourth-order valence-corrected chi connectivity index (χ4v) is 4.22. The van der Waals surface area contributed by atoms with Crippen LogP contribution in [0.2, 0.25) is 0 Å². The summed E-state index contributed by atoms with van der Waals surface area (Å²) in [5.41, 5.74) is 3.75. The summed E-state index contributed by atoms with van der Waals surface area (Å²) in [4.78, 5) is 9.70. The fourth-order valence-electron chi connectivity index (χ4n) is 4.22. The van der Waals surface area contributed by atoms with Crippen molar-refractivity contribution in [3.05, 3.63) is 47.5 Å². The lowest BCUT2D eigenvalue weighted by Gasteiger charge is -2.23. The Kier molecular flexibility index (Phi) is 5.13. The molecule has 0 aliphatic carbocycles. The van der Waals surface area contributed by atoms with Crippen molar-refractivity contribution in [1.82, 2.24) is 24.6 Å². The van der Waals surface area contributed by atoms with Crippen molar-refractivity contribution >= 4 is 0 Å². The van der Waals surface area contributed by atoms with Gasteiger partial charge >= 0.3 is 0 Å². The third-order valence-electron chi connectivity index (χ3n) is 5.66. The molecule has 2 fully saturated rings. The van der Waals surface area contributed by atoms with E-state index in [1.807, 2.05) is 12.3 Å². The fraction of sp³-hybridized carbons (Fsp3) is 0.600. The molecule has 0 N–H and O–H groups in total. The second-order valence-corrected chi connectivity index (χ2v) is 7.43. The smallest absolute Gasteiger partial charge is 0.0638 e. The summed E-state index contributed by atoms with van der Waals surface area (Å²) in [5, 5.41) is 4.76. The molecule has 4 rings (SSSR count). The monoisotopic (exact) mass is 339 g/mol. The second kappa shape index (κ2) is 7.67. The predicted octanol–water partition coefficient (Wildman–Crippen LogP) is 3.02. The summed E-state index contributed by atoms with van der Waals surface area (Å²) in [6.45, 7) is 8.93. The van der Waals surface area contributed by atoms with Crippen molar-refractivity contribution < 1.29 is 0 Å². The highest BCUT2D eigenvalue weighted by atomic mass is 15.3. The number of hydrogen-bond acceptors (Lipinski definition) is 4. The topological polar surface area (TPSA) is 37.2 Å². The van der Waals surface area contributed by atoms with Gasteiger partial charge in [-0.3, -0.25) is 14.6 Å². The molecular weight excluding hydrogens is 310 g/mol. The van der Waals surface area contributed by atoms with Crippen LogP contribution < -0.4 is 0 Å². The maximum atomic E-state index is 4.76. The summed E-state index contributed by atoms with van der Waals surface area (Å²) < 4.78 is 2.15. The van der Waals surface area contributed by atoms with E-state index < -0.39 is 0 Å². The van der Waals surface area contributed by atoms with Crippen molar-refractivity contribution in [2.45, 2.75) is 51.7 Å². The molecule has 0 radical (unpaired) electrons. The zero-order valence-electron chi connectivity index (χ0n) is 15.3. The van der Waals surface area contributed by atoms with Crippen LogP contribution >= 0.6 is 0 Å². The van der Waals surface area contributed by atoms with Crippen LogP contribution in [0.15, 0.2) is 30.6 Å². The van der Waals surface area contributed by atoms with Crippen LogP contribution in [0.5, 0.6) is 0 Å². The lowest BCUT2D eigenvalue weighted by molar-refractivity contribution is 0.244. The Bertz CT molecular complexity index is 675. The van der Waals surface area contributed by atoms with Crippen LogP contribution in [0.25, 0.3) is 0 Å². The van der Waals surface area contributed by atoms with Crippen molar-refractivity contribution in [3.63, 3.8) is 0 Å². The van der Waals surface area contributed by atoms with Crippen LogP contribution in [-0.4, -0.2) is 50.7 Å². The van der Waals surface area contributed by atoms with Gasteiger partial charge in [0.1, 0.15) is 0 Å². The number of aryl methyl sites for hydroxylation is 1. The first-order valence-electron chi connectivity index (χ1n) is 9.70. The summed E-state index contributed by atoms with van der Waals surface area (Å²) >= 11 is 0. The van der Waals surface area contributed by atoms with Crippen molar-refractivity contribution in [2.24, 2.45) is 0 Å². The second-order valence-electron chi connectivity index (χ2n) is 7.43. The van der Waals surface area contributed by atoms with Gasteiger partial charge < -0.3 is 4.90 Å². The first-order chi connectivity index (χ1) is 12.3. The van der Waals surface area contributed by atoms with Gasteiger partial charge in [0.15, 0.2) is 0 Å². The van der Waals surface area contributed by atoms with Gasteiger partial charge in [-0.1, -0.05) is 6.07 Å². The van der Waals surface area contributed by atoms with Gasteiger partial charge in [-0.15, -0.1) is 0 Å². The third-order valence-corrected chi connectivity index (χ3v) is 5.66. The SMILES string of the molecule is Cc1nn(CCN2CCCC2)cc1CN1CCC[C@@H]1c1ccccn1. The molecule has 2 aliphatic rings. The molecule has 5 nitrogen and oxygen atoms in total. The summed E-state index contributed by atoms with van der Waals surface area (Å²) in [5.74, 6) is 0. The van der Waals surface area contributed by atoms with E-state index in [4.69, 9.17) is 5.10 Å². The van der Waals surface area contributed by atoms with E-state index in [1.54, 1.807) is 0 Å². The van der Waals surface area contributed by atoms with Gasteiger partial charge in [-0.25, -0.2) is 0 Å². The molecule has 0 bridgehead atoms. The first kappa shape index (κ1) is 16.7. The summed E-state index contributed by atoms with van der Waals surface area (Å²) in [6, 6.07) is 6.71. The Morgan fingerprint density at radius 2 is 1.96 bits per heavy atom. The highest BCUT2D eigenvalue weighted by molar-refractivity contribution is 5.17. The zero-order chi connectivity index (χ0) is 17.1. The Labute approximate surface area is 150 Å². The van der Waals surface area contributed by atoms with Crippen molar-refractivity contribution in [2.75, 3.05) is 26.2 Å². The van der Waals surface area contributed by atoms with Crippen LogP contribution in [0.4, 0.5) is 0 Å². The average molecular weight is 339 g/mol. The maximum absolute atomic E-state index is 4.76. The van der Waals surface area contributed by atoms with E-state index in [0.717, 1.165) is 26.2 Å². The molecule has 2 aromatic heterocycles. The van der Waals surface area contributed by atoms with E-state index >= 15 is 0 Å². The molecule has 2 saturated heterocycles. The van der Waals surface area contributed by atoms with Crippen LogP contribution in [0.1, 0.15) is 48.7 Å². The predicted molar refractivity (Wildman–Crippen MR) is 99.3 cm³/mol. The molecule has 0 spiro atoms. The maximum Gasteiger partial charge on any atom is 0.0638 e. The lowest BCUT2D eigenvalue weighted by Crippen LogP contribution is -2.24. The quantitative estimate of drug-likeness (QED) is 0.811. The summed E-state index contributed by atoms with van der Waals surface area (Å²) in [6.07, 6.45) is 9.34. The minimum absolute atomic E-state index is 0.452. The van der Waals surface area contributed by atoms with E-state index in [1.165, 1.54) is 55.7 Å². The van der Waals surface area contributed by atoms with E-state index in [0.29, 0.717) is 6.04 Å². The van der Waals surface area contributed by atoms with Crippen molar-refractivity contribution in [1.29, 1.82) is 0 Å². The Hall–Kier alpha value is -1.72. The molecule has 0 unspecified atom stereocenters. The first-order valence-corrected chi connectivity index (χ1v) is 9.70.